The van der Waals surface area contributed by atoms with E-state index in [4.69, 9.17) is 27.8 Å². The molecule has 1 heterocycles. The SMILES string of the molecule is CC(C)(C)OC(=O)C(N=C(N)N)c1ccc(C(=O)N2CCN(S(=O)(=O)c3ccc4cc(Cl)ccc4c3)CC2)cc1. The molecule has 1 unspecified atom stereocenters. The number of nitrogens with two attached hydrogens (primary N) is 2. The summed E-state index contributed by atoms with van der Waals surface area (Å²) in [6.45, 7) is 6.01. The Balaban J connectivity index is 1.43. The van der Waals surface area contributed by atoms with Crippen LogP contribution in [0.5, 0.6) is 0 Å². The number of benzene rings is 3. The Labute approximate surface area is 238 Å². The topological polar surface area (TPSA) is 148 Å². The molecule has 3 aromatic rings. The van der Waals surface area contributed by atoms with E-state index in [0.29, 0.717) is 16.1 Å². The van der Waals surface area contributed by atoms with Crippen LogP contribution in [0.2, 0.25) is 5.02 Å². The van der Waals surface area contributed by atoms with Gasteiger partial charge in [-0.15, -0.1) is 0 Å². The van der Waals surface area contributed by atoms with E-state index < -0.39 is 27.6 Å². The van der Waals surface area contributed by atoms with Gasteiger partial charge in [-0.25, -0.2) is 18.2 Å². The molecule has 10 nitrogen and oxygen atoms in total. The fourth-order valence-electron chi connectivity index (χ4n) is 4.40. The summed E-state index contributed by atoms with van der Waals surface area (Å²) in [5, 5.41) is 2.20. The summed E-state index contributed by atoms with van der Waals surface area (Å²) in [5.41, 5.74) is 11.2. The summed E-state index contributed by atoms with van der Waals surface area (Å²) in [6, 6.07) is 15.5. The normalized spacial score (nSPS) is 15.4. The van der Waals surface area contributed by atoms with Crippen LogP contribution in [0.15, 0.2) is 70.6 Å². The van der Waals surface area contributed by atoms with Crippen LogP contribution in [0.1, 0.15) is 42.7 Å². The maximum absolute atomic E-state index is 13.3. The number of esters is 1. The predicted octanol–water partition coefficient (Wildman–Crippen LogP) is 3.30. The van der Waals surface area contributed by atoms with E-state index in [1.54, 1.807) is 86.3 Å². The number of nitrogens with zero attached hydrogens (tertiary/aromatic N) is 3. The Morgan fingerprint density at radius 3 is 2.12 bits per heavy atom. The van der Waals surface area contributed by atoms with Crippen molar-refractivity contribution < 1.29 is 22.7 Å². The number of amides is 1. The number of hydrogen-bond donors (Lipinski definition) is 2. The molecular formula is C28H32ClN5O5S. The van der Waals surface area contributed by atoms with Gasteiger partial charge in [-0.3, -0.25) is 4.79 Å². The molecule has 1 saturated heterocycles. The molecule has 0 aromatic heterocycles. The molecule has 1 fully saturated rings. The first-order chi connectivity index (χ1) is 18.7. The van der Waals surface area contributed by atoms with Crippen molar-refractivity contribution in [3.63, 3.8) is 0 Å². The van der Waals surface area contributed by atoms with E-state index in [1.165, 1.54) is 4.31 Å². The van der Waals surface area contributed by atoms with Gasteiger partial charge in [0.05, 0.1) is 4.90 Å². The number of aliphatic imine (C=N–C) groups is 1. The van der Waals surface area contributed by atoms with Crippen molar-refractivity contribution in [3.8, 4) is 0 Å². The van der Waals surface area contributed by atoms with Crippen LogP contribution in [0.3, 0.4) is 0 Å². The smallest absolute Gasteiger partial charge is 0.336 e. The summed E-state index contributed by atoms with van der Waals surface area (Å²) in [7, 11) is -3.74. The van der Waals surface area contributed by atoms with Gasteiger partial charge in [0.15, 0.2) is 12.0 Å². The standard InChI is InChI=1S/C28H32ClN5O5S/c1-28(2,3)39-26(36)24(32-27(30)31)18-4-6-19(7-5-18)25(35)33-12-14-34(15-13-33)40(37,38)23-11-9-20-16-22(29)10-8-21(20)17-23/h4-11,16-17,24H,12-15H2,1-3H3,(H4,30,31,32). The van der Waals surface area contributed by atoms with E-state index in [2.05, 4.69) is 4.99 Å². The molecule has 1 aliphatic rings. The molecule has 0 saturated carbocycles. The van der Waals surface area contributed by atoms with Crippen LogP contribution >= 0.6 is 11.6 Å². The number of halogens is 1. The molecule has 0 radical (unpaired) electrons. The van der Waals surface area contributed by atoms with Gasteiger partial charge in [-0.05, 0) is 73.5 Å². The van der Waals surface area contributed by atoms with Gasteiger partial charge in [-0.2, -0.15) is 4.31 Å². The molecule has 4 N–H and O–H groups in total. The van der Waals surface area contributed by atoms with Crippen molar-refractivity contribution in [3.05, 3.63) is 76.8 Å². The fourth-order valence-corrected chi connectivity index (χ4v) is 6.03. The number of guanidine groups is 1. The van der Waals surface area contributed by atoms with Crippen molar-refractivity contribution in [2.45, 2.75) is 37.3 Å². The van der Waals surface area contributed by atoms with Crippen molar-refractivity contribution in [1.82, 2.24) is 9.21 Å². The van der Waals surface area contributed by atoms with Gasteiger partial charge < -0.3 is 21.1 Å². The number of sulfonamides is 1. The summed E-state index contributed by atoms with van der Waals surface area (Å²) in [4.78, 5) is 31.6. The maximum atomic E-state index is 13.3. The van der Waals surface area contributed by atoms with E-state index >= 15 is 0 Å². The average Bonchev–Trinajstić information content (AvgIpc) is 2.90. The third-order valence-electron chi connectivity index (χ3n) is 6.32. The number of hydrogen-bond acceptors (Lipinski definition) is 6. The molecule has 1 amide bonds. The van der Waals surface area contributed by atoms with Crippen molar-refractivity contribution in [2.75, 3.05) is 26.2 Å². The van der Waals surface area contributed by atoms with Gasteiger partial charge in [0, 0.05) is 36.8 Å². The Hall–Kier alpha value is -3.67. The minimum Gasteiger partial charge on any atom is -0.458 e. The molecular weight excluding hydrogens is 554 g/mol. The lowest BCUT2D eigenvalue weighted by Crippen LogP contribution is -2.50. The van der Waals surface area contributed by atoms with Crippen LogP contribution < -0.4 is 11.5 Å². The minimum atomic E-state index is -3.74. The first kappa shape index (κ1) is 29.3. The van der Waals surface area contributed by atoms with Crippen molar-refractivity contribution in [1.29, 1.82) is 0 Å². The van der Waals surface area contributed by atoms with Crippen molar-refractivity contribution in [2.24, 2.45) is 16.5 Å². The van der Waals surface area contributed by atoms with Gasteiger partial charge in [-0.1, -0.05) is 35.9 Å². The summed E-state index contributed by atoms with van der Waals surface area (Å²) in [5.74, 6) is -1.13. The van der Waals surface area contributed by atoms with Crippen LogP contribution in [0.4, 0.5) is 0 Å². The zero-order chi connectivity index (χ0) is 29.2. The number of piperazine rings is 1. The highest BCUT2D eigenvalue weighted by Crippen LogP contribution is 2.26. The van der Waals surface area contributed by atoms with Crippen LogP contribution in [0, 0.1) is 0 Å². The fraction of sp³-hybridized carbons (Fsp3) is 0.321. The minimum absolute atomic E-state index is 0.163. The maximum Gasteiger partial charge on any atom is 0.336 e. The summed E-state index contributed by atoms with van der Waals surface area (Å²) >= 11 is 6.03. The van der Waals surface area contributed by atoms with Gasteiger partial charge in [0.2, 0.25) is 10.0 Å². The largest absolute Gasteiger partial charge is 0.458 e. The molecule has 3 aromatic carbocycles. The highest BCUT2D eigenvalue weighted by Gasteiger charge is 2.31. The molecule has 212 valence electrons. The average molecular weight is 586 g/mol. The Morgan fingerprint density at radius 1 is 0.925 bits per heavy atom. The lowest BCUT2D eigenvalue weighted by atomic mass is 10.0. The lowest BCUT2D eigenvalue weighted by molar-refractivity contribution is -0.156. The van der Waals surface area contributed by atoms with Gasteiger partial charge in [0.25, 0.3) is 5.91 Å². The zero-order valence-corrected chi connectivity index (χ0v) is 24.1. The molecule has 0 aliphatic carbocycles. The molecule has 1 aliphatic heterocycles. The van der Waals surface area contributed by atoms with E-state index in [1.807, 2.05) is 0 Å². The third-order valence-corrected chi connectivity index (χ3v) is 8.45. The van der Waals surface area contributed by atoms with Crippen molar-refractivity contribution >= 4 is 50.2 Å². The second kappa shape index (κ2) is 11.4. The summed E-state index contributed by atoms with van der Waals surface area (Å²) < 4.78 is 33.4. The number of fused-ring (bicyclic) bond motifs is 1. The summed E-state index contributed by atoms with van der Waals surface area (Å²) in [6.07, 6.45) is 0. The number of ether oxygens (including phenoxy) is 1. The number of rotatable bonds is 6. The molecule has 4 rings (SSSR count). The number of carbonyl (C=O) groups excluding carboxylic acids is 2. The Kier molecular flexibility index (Phi) is 8.38. The lowest BCUT2D eigenvalue weighted by Gasteiger charge is -2.34. The highest BCUT2D eigenvalue weighted by atomic mass is 35.5. The first-order valence-corrected chi connectivity index (χ1v) is 14.5. The molecule has 0 spiro atoms. The van der Waals surface area contributed by atoms with Gasteiger partial charge >= 0.3 is 5.97 Å². The third kappa shape index (κ3) is 6.72. The van der Waals surface area contributed by atoms with Gasteiger partial charge in [0.1, 0.15) is 5.60 Å². The van der Waals surface area contributed by atoms with Crippen LogP contribution in [-0.2, 0) is 19.6 Å². The molecule has 12 heteroatoms. The second-order valence-corrected chi connectivity index (χ2v) is 12.8. The van der Waals surface area contributed by atoms with E-state index in [0.717, 1.165) is 10.8 Å². The molecule has 1 atom stereocenters. The monoisotopic (exact) mass is 585 g/mol. The van der Waals surface area contributed by atoms with Crippen LogP contribution in [-0.4, -0.2) is 67.2 Å². The zero-order valence-electron chi connectivity index (χ0n) is 22.5. The Morgan fingerprint density at radius 2 is 1.52 bits per heavy atom. The van der Waals surface area contributed by atoms with Crippen LogP contribution in [0.25, 0.3) is 10.8 Å². The highest BCUT2D eigenvalue weighted by molar-refractivity contribution is 7.89. The second-order valence-electron chi connectivity index (χ2n) is 10.5. The Bertz CT molecular complexity index is 1560. The van der Waals surface area contributed by atoms with E-state index in [9.17, 15) is 18.0 Å². The molecule has 40 heavy (non-hydrogen) atoms. The number of carbonyl (C=O) groups is 2. The predicted molar refractivity (Wildman–Crippen MR) is 154 cm³/mol. The van der Waals surface area contributed by atoms with E-state index in [-0.39, 0.29) is 42.9 Å². The first-order valence-electron chi connectivity index (χ1n) is 12.6. The quantitative estimate of drug-likeness (QED) is 0.256. The molecule has 0 bridgehead atoms.